The molecule has 5 nitrogen and oxygen atoms in total. The third kappa shape index (κ3) is 5.00. The first-order valence-electron chi connectivity index (χ1n) is 7.60. The van der Waals surface area contributed by atoms with Crippen LogP contribution in [0.2, 0.25) is 5.02 Å². The normalized spacial score (nSPS) is 12.7. The molecule has 0 aliphatic carbocycles. The summed E-state index contributed by atoms with van der Waals surface area (Å²) in [5, 5.41) is 8.04. The predicted molar refractivity (Wildman–Crippen MR) is 86.7 cm³/mol. The molecule has 1 rings (SSSR count). The van der Waals surface area contributed by atoms with E-state index in [1.807, 2.05) is 25.5 Å². The van der Waals surface area contributed by atoms with Crippen molar-refractivity contribution < 1.29 is 4.79 Å². The van der Waals surface area contributed by atoms with E-state index in [1.165, 1.54) is 0 Å². The van der Waals surface area contributed by atoms with Crippen LogP contribution in [-0.2, 0) is 11.3 Å². The number of rotatable bonds is 8. The van der Waals surface area contributed by atoms with E-state index in [0.717, 1.165) is 31.0 Å². The van der Waals surface area contributed by atoms with E-state index >= 15 is 0 Å². The summed E-state index contributed by atoms with van der Waals surface area (Å²) >= 11 is 6.12. The molecule has 0 aliphatic rings. The topological polar surface area (TPSA) is 50.2 Å². The zero-order valence-electron chi connectivity index (χ0n) is 13.7. The maximum Gasteiger partial charge on any atom is 0.224 e. The van der Waals surface area contributed by atoms with Gasteiger partial charge >= 0.3 is 0 Å². The highest BCUT2D eigenvalue weighted by atomic mass is 35.5. The van der Waals surface area contributed by atoms with E-state index in [2.05, 4.69) is 29.2 Å². The van der Waals surface area contributed by atoms with Gasteiger partial charge in [-0.05, 0) is 26.9 Å². The Morgan fingerprint density at radius 3 is 2.48 bits per heavy atom. The van der Waals surface area contributed by atoms with Crippen molar-refractivity contribution in [2.24, 2.45) is 5.92 Å². The van der Waals surface area contributed by atoms with Crippen LogP contribution < -0.4 is 5.32 Å². The van der Waals surface area contributed by atoms with Crippen molar-refractivity contribution in [1.29, 1.82) is 0 Å². The van der Waals surface area contributed by atoms with Crippen LogP contribution in [0.15, 0.2) is 0 Å². The van der Waals surface area contributed by atoms with E-state index in [-0.39, 0.29) is 11.8 Å². The number of amides is 1. The lowest BCUT2D eigenvalue weighted by Gasteiger charge is -2.19. The molecule has 1 amide bonds. The minimum Gasteiger partial charge on any atom is -0.355 e. The van der Waals surface area contributed by atoms with Gasteiger partial charge in [0.1, 0.15) is 0 Å². The number of nitrogens with zero attached hydrogens (tertiary/aromatic N) is 3. The zero-order chi connectivity index (χ0) is 16.0. The smallest absolute Gasteiger partial charge is 0.224 e. The first kappa shape index (κ1) is 18.0. The average molecular weight is 315 g/mol. The average Bonchev–Trinajstić information content (AvgIpc) is 2.70. The monoisotopic (exact) mass is 314 g/mol. The summed E-state index contributed by atoms with van der Waals surface area (Å²) in [6.07, 6.45) is 0. The third-order valence-electron chi connectivity index (χ3n) is 3.81. The molecule has 6 heteroatoms. The second-order valence-corrected chi connectivity index (χ2v) is 5.76. The predicted octanol–water partition coefficient (Wildman–Crippen LogP) is 2.25. The van der Waals surface area contributed by atoms with Crippen LogP contribution in [0.3, 0.4) is 0 Å². The first-order valence-corrected chi connectivity index (χ1v) is 7.98. The van der Waals surface area contributed by atoms with E-state index in [0.29, 0.717) is 18.1 Å². The van der Waals surface area contributed by atoms with Crippen molar-refractivity contribution in [3.63, 3.8) is 0 Å². The van der Waals surface area contributed by atoms with Crippen molar-refractivity contribution in [1.82, 2.24) is 20.0 Å². The highest BCUT2D eigenvalue weighted by Crippen LogP contribution is 2.19. The van der Waals surface area contributed by atoms with Gasteiger partial charge in [-0.2, -0.15) is 5.10 Å². The molecular weight excluding hydrogens is 288 g/mol. The number of carbonyl (C=O) groups is 1. The summed E-state index contributed by atoms with van der Waals surface area (Å²) in [6, 6.07) is 0. The minimum atomic E-state index is -0.129. The SMILES string of the molecule is CCN(CC)CCNC(=O)[C@H](C)Cn1nc(C)c(Cl)c1C. The quantitative estimate of drug-likeness (QED) is 0.800. The second kappa shape index (κ2) is 8.39. The Bertz CT molecular complexity index is 468. The zero-order valence-corrected chi connectivity index (χ0v) is 14.5. The molecule has 0 saturated heterocycles. The molecule has 1 aromatic heterocycles. The van der Waals surface area contributed by atoms with Gasteiger partial charge in [-0.25, -0.2) is 0 Å². The van der Waals surface area contributed by atoms with Crippen LogP contribution in [0, 0.1) is 19.8 Å². The number of hydrogen-bond donors (Lipinski definition) is 1. The Morgan fingerprint density at radius 1 is 1.38 bits per heavy atom. The van der Waals surface area contributed by atoms with Crippen LogP contribution in [0.1, 0.15) is 32.2 Å². The van der Waals surface area contributed by atoms with Crippen molar-refractivity contribution >= 4 is 17.5 Å². The molecule has 0 fully saturated rings. The van der Waals surface area contributed by atoms with Gasteiger partial charge in [-0.1, -0.05) is 32.4 Å². The Hall–Kier alpha value is -1.07. The lowest BCUT2D eigenvalue weighted by molar-refractivity contribution is -0.125. The molecule has 0 radical (unpaired) electrons. The number of aryl methyl sites for hydroxylation is 1. The lowest BCUT2D eigenvalue weighted by atomic mass is 10.1. The highest BCUT2D eigenvalue weighted by Gasteiger charge is 2.17. The fourth-order valence-electron chi connectivity index (χ4n) is 2.25. The van der Waals surface area contributed by atoms with Crippen LogP contribution >= 0.6 is 11.6 Å². The molecule has 1 N–H and O–H groups in total. The maximum atomic E-state index is 12.1. The number of halogens is 1. The molecule has 0 aliphatic heterocycles. The molecule has 0 unspecified atom stereocenters. The molecule has 1 aromatic rings. The van der Waals surface area contributed by atoms with Crippen molar-refractivity contribution in [3.8, 4) is 0 Å². The maximum absolute atomic E-state index is 12.1. The minimum absolute atomic E-state index is 0.0610. The van der Waals surface area contributed by atoms with Gasteiger partial charge in [0.2, 0.25) is 5.91 Å². The number of carbonyl (C=O) groups excluding carboxylic acids is 1. The van der Waals surface area contributed by atoms with Crippen LogP contribution in [0.5, 0.6) is 0 Å². The third-order valence-corrected chi connectivity index (χ3v) is 4.36. The molecule has 0 spiro atoms. The summed E-state index contributed by atoms with van der Waals surface area (Å²) in [6.45, 7) is 14.1. The van der Waals surface area contributed by atoms with Gasteiger partial charge in [0.05, 0.1) is 28.9 Å². The van der Waals surface area contributed by atoms with E-state index in [4.69, 9.17) is 11.6 Å². The molecule has 0 bridgehead atoms. The van der Waals surface area contributed by atoms with Gasteiger partial charge in [0.15, 0.2) is 0 Å². The van der Waals surface area contributed by atoms with Crippen LogP contribution in [0.4, 0.5) is 0 Å². The molecule has 120 valence electrons. The molecule has 1 atom stereocenters. The summed E-state index contributed by atoms with van der Waals surface area (Å²) in [5.41, 5.74) is 1.72. The fourth-order valence-corrected chi connectivity index (χ4v) is 2.38. The number of likely N-dealkylation sites (N-methyl/N-ethyl adjacent to an activating group) is 1. The van der Waals surface area contributed by atoms with Gasteiger partial charge in [0, 0.05) is 13.1 Å². The number of hydrogen-bond acceptors (Lipinski definition) is 3. The molecular formula is C15H27ClN4O. The van der Waals surface area contributed by atoms with Crippen LogP contribution in [0.25, 0.3) is 0 Å². The van der Waals surface area contributed by atoms with Gasteiger partial charge in [-0.15, -0.1) is 0 Å². The van der Waals surface area contributed by atoms with E-state index in [1.54, 1.807) is 0 Å². The summed E-state index contributed by atoms with van der Waals surface area (Å²) in [4.78, 5) is 14.4. The summed E-state index contributed by atoms with van der Waals surface area (Å²) in [5.74, 6) is -0.0680. The highest BCUT2D eigenvalue weighted by molar-refractivity contribution is 6.31. The Kier molecular flexibility index (Phi) is 7.18. The Balaban J connectivity index is 2.46. The Labute approximate surface area is 132 Å². The lowest BCUT2D eigenvalue weighted by Crippen LogP contribution is -2.38. The fraction of sp³-hybridized carbons (Fsp3) is 0.733. The summed E-state index contributed by atoms with van der Waals surface area (Å²) < 4.78 is 1.81. The Morgan fingerprint density at radius 2 is 2.00 bits per heavy atom. The van der Waals surface area contributed by atoms with Gasteiger partial charge < -0.3 is 10.2 Å². The number of nitrogens with one attached hydrogen (secondary N) is 1. The van der Waals surface area contributed by atoms with Crippen molar-refractivity contribution in [3.05, 3.63) is 16.4 Å². The van der Waals surface area contributed by atoms with Crippen molar-refractivity contribution in [2.75, 3.05) is 26.2 Å². The van der Waals surface area contributed by atoms with Crippen molar-refractivity contribution in [2.45, 2.75) is 41.2 Å². The molecule has 1 heterocycles. The van der Waals surface area contributed by atoms with E-state index < -0.39 is 0 Å². The molecule has 0 aromatic carbocycles. The first-order chi connectivity index (χ1) is 9.90. The van der Waals surface area contributed by atoms with Crippen LogP contribution in [-0.4, -0.2) is 46.8 Å². The molecule has 0 saturated carbocycles. The second-order valence-electron chi connectivity index (χ2n) is 5.39. The van der Waals surface area contributed by atoms with Gasteiger partial charge in [0.25, 0.3) is 0 Å². The molecule has 21 heavy (non-hydrogen) atoms. The summed E-state index contributed by atoms with van der Waals surface area (Å²) in [7, 11) is 0. The van der Waals surface area contributed by atoms with Gasteiger partial charge in [-0.3, -0.25) is 9.48 Å². The van der Waals surface area contributed by atoms with E-state index in [9.17, 15) is 4.79 Å². The largest absolute Gasteiger partial charge is 0.355 e. The number of aromatic nitrogens is 2. The standard InChI is InChI=1S/C15H27ClN4O/c1-6-19(7-2)9-8-17-15(21)11(3)10-20-13(5)14(16)12(4)18-20/h11H,6-10H2,1-5H3,(H,17,21)/t11-/m1/s1.